The van der Waals surface area contributed by atoms with E-state index in [1.54, 1.807) is 42.1 Å². The lowest BCUT2D eigenvalue weighted by Gasteiger charge is -2.35. The standard InChI is InChI=1S/C16H20N4O4/c1-17(2)16(22)19-11-9-18(10-12-19)15(21)8-5-13-3-6-14(7-4-13)20(23)24/h3-8H,9-12H2,1-2H3/b8-5+. The molecule has 0 bridgehead atoms. The van der Waals surface area contributed by atoms with Gasteiger partial charge in [-0.1, -0.05) is 0 Å². The minimum Gasteiger partial charge on any atom is -0.336 e. The molecular formula is C16H20N4O4. The molecule has 1 fully saturated rings. The number of nitro groups is 1. The topological polar surface area (TPSA) is 87.0 Å². The summed E-state index contributed by atoms with van der Waals surface area (Å²) in [6.45, 7) is 1.99. The first kappa shape index (κ1) is 17.5. The second kappa shape index (κ2) is 7.58. The molecule has 0 unspecified atom stereocenters. The summed E-state index contributed by atoms with van der Waals surface area (Å²) in [5.74, 6) is -0.134. The van der Waals surface area contributed by atoms with Crippen LogP contribution in [0.4, 0.5) is 10.5 Å². The van der Waals surface area contributed by atoms with Crippen LogP contribution < -0.4 is 0 Å². The molecular weight excluding hydrogens is 312 g/mol. The maximum absolute atomic E-state index is 12.2. The molecule has 2 rings (SSSR count). The fourth-order valence-electron chi connectivity index (χ4n) is 2.38. The van der Waals surface area contributed by atoms with Crippen LogP contribution in [0.2, 0.25) is 0 Å². The van der Waals surface area contributed by atoms with E-state index in [-0.39, 0.29) is 17.6 Å². The number of carbonyl (C=O) groups is 2. The number of carbonyl (C=O) groups excluding carboxylic acids is 2. The minimum absolute atomic E-state index is 0.0140. The van der Waals surface area contributed by atoms with Gasteiger partial charge in [0.15, 0.2) is 0 Å². The van der Waals surface area contributed by atoms with Crippen molar-refractivity contribution in [2.24, 2.45) is 0 Å². The van der Waals surface area contributed by atoms with Gasteiger partial charge < -0.3 is 14.7 Å². The average molecular weight is 332 g/mol. The molecule has 1 aliphatic rings. The molecule has 1 saturated heterocycles. The highest BCUT2D eigenvalue weighted by Gasteiger charge is 2.23. The van der Waals surface area contributed by atoms with Crippen molar-refractivity contribution < 1.29 is 14.5 Å². The Morgan fingerprint density at radius 3 is 2.12 bits per heavy atom. The fourth-order valence-corrected chi connectivity index (χ4v) is 2.38. The second-order valence-electron chi connectivity index (χ2n) is 5.67. The lowest BCUT2D eigenvalue weighted by atomic mass is 10.2. The molecule has 24 heavy (non-hydrogen) atoms. The van der Waals surface area contributed by atoms with Gasteiger partial charge in [-0.3, -0.25) is 14.9 Å². The van der Waals surface area contributed by atoms with Crippen LogP contribution >= 0.6 is 0 Å². The zero-order valence-corrected chi connectivity index (χ0v) is 13.7. The fraction of sp³-hybridized carbons (Fsp3) is 0.375. The van der Waals surface area contributed by atoms with Crippen LogP contribution in [0.25, 0.3) is 6.08 Å². The van der Waals surface area contributed by atoms with E-state index in [0.717, 1.165) is 5.56 Å². The number of hydrogen-bond acceptors (Lipinski definition) is 4. The van der Waals surface area contributed by atoms with Gasteiger partial charge in [-0.05, 0) is 23.8 Å². The van der Waals surface area contributed by atoms with Gasteiger partial charge in [0.05, 0.1) is 4.92 Å². The molecule has 3 amide bonds. The summed E-state index contributed by atoms with van der Waals surface area (Å²) in [5, 5.41) is 10.6. The largest absolute Gasteiger partial charge is 0.336 e. The van der Waals surface area contributed by atoms with Crippen molar-refractivity contribution in [2.45, 2.75) is 0 Å². The van der Waals surface area contributed by atoms with Crippen molar-refractivity contribution in [3.05, 3.63) is 46.0 Å². The van der Waals surface area contributed by atoms with Crippen molar-refractivity contribution in [2.75, 3.05) is 40.3 Å². The van der Waals surface area contributed by atoms with Gasteiger partial charge in [-0.2, -0.15) is 0 Å². The van der Waals surface area contributed by atoms with Crippen LogP contribution in [0.1, 0.15) is 5.56 Å². The van der Waals surface area contributed by atoms with E-state index in [0.29, 0.717) is 26.2 Å². The van der Waals surface area contributed by atoms with E-state index in [2.05, 4.69) is 0 Å². The van der Waals surface area contributed by atoms with Crippen LogP contribution in [0.15, 0.2) is 30.3 Å². The van der Waals surface area contributed by atoms with Crippen LogP contribution in [-0.2, 0) is 4.79 Å². The Kier molecular flexibility index (Phi) is 5.51. The van der Waals surface area contributed by atoms with Crippen LogP contribution in [0.3, 0.4) is 0 Å². The van der Waals surface area contributed by atoms with Gasteiger partial charge in [-0.25, -0.2) is 4.79 Å². The molecule has 1 aromatic rings. The Bertz CT molecular complexity index is 647. The third-order valence-corrected chi connectivity index (χ3v) is 3.77. The highest BCUT2D eigenvalue weighted by molar-refractivity contribution is 5.92. The zero-order valence-electron chi connectivity index (χ0n) is 13.7. The molecule has 1 heterocycles. The second-order valence-corrected chi connectivity index (χ2v) is 5.67. The molecule has 0 saturated carbocycles. The summed E-state index contributed by atoms with van der Waals surface area (Å²) < 4.78 is 0. The van der Waals surface area contributed by atoms with Crippen molar-refractivity contribution in [1.29, 1.82) is 0 Å². The number of benzene rings is 1. The molecule has 0 radical (unpaired) electrons. The Labute approximate surface area is 140 Å². The molecule has 0 aliphatic carbocycles. The van der Waals surface area contributed by atoms with E-state index in [4.69, 9.17) is 0 Å². The first-order valence-electron chi connectivity index (χ1n) is 7.56. The van der Waals surface area contributed by atoms with Crippen molar-refractivity contribution in [3.8, 4) is 0 Å². The molecule has 8 nitrogen and oxygen atoms in total. The number of rotatable bonds is 3. The van der Waals surface area contributed by atoms with Crippen molar-refractivity contribution in [3.63, 3.8) is 0 Å². The number of nitro benzene ring substituents is 1. The molecule has 128 valence electrons. The Balaban J connectivity index is 1.89. The summed E-state index contributed by atoms with van der Waals surface area (Å²) in [5.41, 5.74) is 0.732. The number of non-ortho nitro benzene ring substituents is 1. The summed E-state index contributed by atoms with van der Waals surface area (Å²) in [4.78, 5) is 39.1. The molecule has 0 aromatic heterocycles. The van der Waals surface area contributed by atoms with Gasteiger partial charge >= 0.3 is 6.03 Å². The minimum atomic E-state index is -0.465. The van der Waals surface area contributed by atoms with Gasteiger partial charge in [-0.15, -0.1) is 0 Å². The molecule has 0 atom stereocenters. The summed E-state index contributed by atoms with van der Waals surface area (Å²) in [6, 6.07) is 5.93. The Hall–Kier alpha value is -2.90. The lowest BCUT2D eigenvalue weighted by molar-refractivity contribution is -0.384. The average Bonchev–Trinajstić information content (AvgIpc) is 2.59. The predicted molar refractivity (Wildman–Crippen MR) is 89.4 cm³/mol. The SMILES string of the molecule is CN(C)C(=O)N1CCN(C(=O)/C=C/c2ccc([N+](=O)[O-])cc2)CC1. The normalized spacial score (nSPS) is 14.8. The van der Waals surface area contributed by atoms with Gasteiger partial charge in [0.1, 0.15) is 0 Å². The Morgan fingerprint density at radius 2 is 1.62 bits per heavy atom. The lowest BCUT2D eigenvalue weighted by Crippen LogP contribution is -2.52. The van der Waals surface area contributed by atoms with Gasteiger partial charge in [0.25, 0.3) is 5.69 Å². The van der Waals surface area contributed by atoms with Crippen LogP contribution in [-0.4, -0.2) is 71.8 Å². The zero-order chi connectivity index (χ0) is 17.7. The number of amides is 3. The first-order valence-corrected chi connectivity index (χ1v) is 7.56. The number of piperazine rings is 1. The van der Waals surface area contributed by atoms with E-state index < -0.39 is 4.92 Å². The highest BCUT2D eigenvalue weighted by Crippen LogP contribution is 2.13. The third kappa shape index (κ3) is 4.31. The number of nitrogens with zero attached hydrogens (tertiary/aromatic N) is 4. The van der Waals surface area contributed by atoms with Crippen molar-refractivity contribution >= 4 is 23.7 Å². The molecule has 1 aromatic carbocycles. The maximum atomic E-state index is 12.2. The molecule has 8 heteroatoms. The van der Waals surface area contributed by atoms with Crippen molar-refractivity contribution in [1.82, 2.24) is 14.7 Å². The summed E-state index contributed by atoms with van der Waals surface area (Å²) in [7, 11) is 3.40. The predicted octanol–water partition coefficient (Wildman–Crippen LogP) is 1.43. The number of urea groups is 1. The maximum Gasteiger partial charge on any atom is 0.319 e. The number of hydrogen-bond donors (Lipinski definition) is 0. The Morgan fingerprint density at radius 1 is 1.08 bits per heavy atom. The monoisotopic (exact) mass is 332 g/mol. The third-order valence-electron chi connectivity index (χ3n) is 3.77. The van der Waals surface area contributed by atoms with Crippen LogP contribution in [0.5, 0.6) is 0 Å². The first-order chi connectivity index (χ1) is 11.4. The van der Waals surface area contributed by atoms with E-state index in [9.17, 15) is 19.7 Å². The molecule has 0 N–H and O–H groups in total. The molecule has 0 spiro atoms. The summed E-state index contributed by atoms with van der Waals surface area (Å²) >= 11 is 0. The van der Waals surface area contributed by atoms with Crippen LogP contribution in [0, 0.1) is 10.1 Å². The van der Waals surface area contributed by atoms with E-state index in [1.807, 2.05) is 0 Å². The smallest absolute Gasteiger partial charge is 0.319 e. The van der Waals surface area contributed by atoms with E-state index >= 15 is 0 Å². The summed E-state index contributed by atoms with van der Waals surface area (Å²) in [6.07, 6.45) is 3.08. The van der Waals surface area contributed by atoms with Gasteiger partial charge in [0, 0.05) is 58.5 Å². The molecule has 1 aliphatic heterocycles. The van der Waals surface area contributed by atoms with Gasteiger partial charge in [0.2, 0.25) is 5.91 Å². The quantitative estimate of drug-likeness (QED) is 0.476. The van der Waals surface area contributed by atoms with E-state index in [1.165, 1.54) is 23.1 Å². The highest BCUT2D eigenvalue weighted by atomic mass is 16.6.